The van der Waals surface area contributed by atoms with Gasteiger partial charge in [-0.1, -0.05) is 37.3 Å². The number of carbonyl (C=O) groups is 4. The van der Waals surface area contributed by atoms with Crippen LogP contribution >= 0.6 is 0 Å². The van der Waals surface area contributed by atoms with Crippen molar-refractivity contribution in [3.8, 4) is 0 Å². The Balaban J connectivity index is 1.64. The average molecular weight is 437 g/mol. The van der Waals surface area contributed by atoms with Gasteiger partial charge in [0.1, 0.15) is 0 Å². The van der Waals surface area contributed by atoms with E-state index in [-0.39, 0.29) is 30.8 Å². The second-order valence-electron chi connectivity index (χ2n) is 7.97. The zero-order valence-electron chi connectivity index (χ0n) is 18.4. The van der Waals surface area contributed by atoms with Gasteiger partial charge in [-0.15, -0.1) is 0 Å². The van der Waals surface area contributed by atoms with Gasteiger partial charge in [0, 0.05) is 24.2 Å². The van der Waals surface area contributed by atoms with Crippen molar-refractivity contribution in [1.82, 2.24) is 0 Å². The van der Waals surface area contributed by atoms with Gasteiger partial charge >= 0.3 is 11.9 Å². The summed E-state index contributed by atoms with van der Waals surface area (Å²) in [5.74, 6) is -2.13. The fraction of sp³-hybridized carbons (Fsp3) is 0.360. The fourth-order valence-corrected chi connectivity index (χ4v) is 3.52. The molecule has 1 fully saturated rings. The molecule has 0 aliphatic carbocycles. The number of rotatable bonds is 8. The number of anilines is 1. The van der Waals surface area contributed by atoms with Gasteiger partial charge in [0.05, 0.1) is 17.6 Å². The van der Waals surface area contributed by atoms with Crippen LogP contribution in [0.15, 0.2) is 54.6 Å². The highest BCUT2D eigenvalue weighted by atomic mass is 16.5. The molecule has 0 saturated carbocycles. The Hall–Kier alpha value is -3.48. The SMILES string of the molecule is CC[C@@H](OC(=O)[C@H]1CC(=O)N(c2ccc(C(=O)OC(C)C)cc2)C1)C(=O)c1ccccc1. The van der Waals surface area contributed by atoms with Crippen molar-refractivity contribution in [2.45, 2.75) is 45.8 Å². The summed E-state index contributed by atoms with van der Waals surface area (Å²) in [6.45, 7) is 5.47. The number of esters is 2. The van der Waals surface area contributed by atoms with Crippen LogP contribution in [0.1, 0.15) is 54.3 Å². The molecule has 1 amide bonds. The second-order valence-corrected chi connectivity index (χ2v) is 7.97. The number of hydrogen-bond acceptors (Lipinski definition) is 6. The molecule has 0 spiro atoms. The zero-order valence-corrected chi connectivity index (χ0v) is 18.4. The lowest BCUT2D eigenvalue weighted by Crippen LogP contribution is -2.31. The number of ketones is 1. The summed E-state index contributed by atoms with van der Waals surface area (Å²) in [5, 5.41) is 0. The molecule has 168 valence electrons. The van der Waals surface area contributed by atoms with Crippen LogP contribution in [0.5, 0.6) is 0 Å². The van der Waals surface area contributed by atoms with E-state index < -0.39 is 24.0 Å². The molecule has 0 unspecified atom stereocenters. The molecular formula is C25H27NO6. The summed E-state index contributed by atoms with van der Waals surface area (Å²) >= 11 is 0. The van der Waals surface area contributed by atoms with Gasteiger partial charge in [-0.05, 0) is 44.5 Å². The largest absolute Gasteiger partial charge is 0.459 e. The number of benzene rings is 2. The molecule has 0 N–H and O–H groups in total. The van der Waals surface area contributed by atoms with Crippen molar-refractivity contribution < 1.29 is 28.7 Å². The van der Waals surface area contributed by atoms with Gasteiger partial charge in [0.25, 0.3) is 0 Å². The first-order valence-corrected chi connectivity index (χ1v) is 10.7. The van der Waals surface area contributed by atoms with Crippen LogP contribution < -0.4 is 4.90 Å². The molecule has 1 saturated heterocycles. The molecule has 3 rings (SSSR count). The van der Waals surface area contributed by atoms with Gasteiger partial charge in [0.2, 0.25) is 11.7 Å². The maximum atomic E-state index is 12.7. The highest BCUT2D eigenvalue weighted by Crippen LogP contribution is 2.27. The lowest BCUT2D eigenvalue weighted by atomic mass is 10.0. The molecule has 32 heavy (non-hydrogen) atoms. The molecular weight excluding hydrogens is 410 g/mol. The summed E-state index contributed by atoms with van der Waals surface area (Å²) in [6, 6.07) is 15.1. The topological polar surface area (TPSA) is 90.0 Å². The number of carbonyl (C=O) groups excluding carboxylic acids is 4. The third kappa shape index (κ3) is 5.41. The first-order valence-electron chi connectivity index (χ1n) is 10.7. The highest BCUT2D eigenvalue weighted by Gasteiger charge is 2.37. The average Bonchev–Trinajstić information content (AvgIpc) is 3.18. The lowest BCUT2D eigenvalue weighted by Gasteiger charge is -2.19. The maximum absolute atomic E-state index is 12.7. The van der Waals surface area contributed by atoms with Crippen molar-refractivity contribution in [3.63, 3.8) is 0 Å². The third-order valence-electron chi connectivity index (χ3n) is 5.20. The summed E-state index contributed by atoms with van der Waals surface area (Å²) in [4.78, 5) is 51.3. The van der Waals surface area contributed by atoms with Crippen LogP contribution in [-0.2, 0) is 19.1 Å². The molecule has 1 aliphatic rings. The maximum Gasteiger partial charge on any atom is 0.338 e. The fourth-order valence-electron chi connectivity index (χ4n) is 3.52. The summed E-state index contributed by atoms with van der Waals surface area (Å²) < 4.78 is 10.7. The van der Waals surface area contributed by atoms with Crippen LogP contribution in [0.25, 0.3) is 0 Å². The number of nitrogens with zero attached hydrogens (tertiary/aromatic N) is 1. The van der Waals surface area contributed by atoms with Crippen LogP contribution in [-0.4, -0.2) is 42.4 Å². The Morgan fingerprint density at radius 3 is 2.22 bits per heavy atom. The Kier molecular flexibility index (Phi) is 7.41. The van der Waals surface area contributed by atoms with Crippen molar-refractivity contribution in [2.24, 2.45) is 5.92 Å². The van der Waals surface area contributed by atoms with Crippen molar-refractivity contribution >= 4 is 29.3 Å². The highest BCUT2D eigenvalue weighted by molar-refractivity contribution is 6.02. The Morgan fingerprint density at radius 1 is 0.969 bits per heavy atom. The normalized spacial score (nSPS) is 16.7. The van der Waals surface area contributed by atoms with Crippen molar-refractivity contribution in [3.05, 3.63) is 65.7 Å². The van der Waals surface area contributed by atoms with E-state index >= 15 is 0 Å². The lowest BCUT2D eigenvalue weighted by molar-refractivity contribution is -0.151. The van der Waals surface area contributed by atoms with E-state index in [1.165, 1.54) is 4.90 Å². The van der Waals surface area contributed by atoms with E-state index in [2.05, 4.69) is 0 Å². The van der Waals surface area contributed by atoms with E-state index in [0.717, 1.165) is 0 Å². The summed E-state index contributed by atoms with van der Waals surface area (Å²) in [7, 11) is 0. The molecule has 2 aromatic carbocycles. The minimum absolute atomic E-state index is 0.00589. The first-order chi connectivity index (χ1) is 15.3. The van der Waals surface area contributed by atoms with Gasteiger partial charge in [0.15, 0.2) is 6.10 Å². The van der Waals surface area contributed by atoms with E-state index in [1.807, 2.05) is 6.07 Å². The number of amides is 1. The van der Waals surface area contributed by atoms with Crippen LogP contribution in [0.3, 0.4) is 0 Å². The summed E-state index contributed by atoms with van der Waals surface area (Å²) in [6.07, 6.45) is -0.765. The number of Topliss-reactive ketones (excluding diaryl/α,β-unsaturated/α-hetero) is 1. The summed E-state index contributed by atoms with van der Waals surface area (Å²) in [5.41, 5.74) is 1.45. The molecule has 7 nitrogen and oxygen atoms in total. The van der Waals surface area contributed by atoms with Gasteiger partial charge in [-0.25, -0.2) is 4.79 Å². The molecule has 0 radical (unpaired) electrons. The number of ether oxygens (including phenoxy) is 2. The minimum Gasteiger partial charge on any atom is -0.459 e. The smallest absolute Gasteiger partial charge is 0.338 e. The second kappa shape index (κ2) is 10.2. The van der Waals surface area contributed by atoms with E-state index in [4.69, 9.17) is 9.47 Å². The van der Waals surface area contributed by atoms with Gasteiger partial charge in [-0.3, -0.25) is 14.4 Å². The van der Waals surface area contributed by atoms with Crippen molar-refractivity contribution in [2.75, 3.05) is 11.4 Å². The van der Waals surface area contributed by atoms with Crippen LogP contribution in [0.4, 0.5) is 5.69 Å². The van der Waals surface area contributed by atoms with E-state index in [0.29, 0.717) is 23.2 Å². The van der Waals surface area contributed by atoms with E-state index in [9.17, 15) is 19.2 Å². The van der Waals surface area contributed by atoms with E-state index in [1.54, 1.807) is 69.3 Å². The third-order valence-corrected chi connectivity index (χ3v) is 5.20. The predicted molar refractivity (Wildman–Crippen MR) is 118 cm³/mol. The molecule has 0 bridgehead atoms. The minimum atomic E-state index is -0.889. The standard InChI is InChI=1S/C25H27NO6/c1-4-21(23(28)17-8-6-5-7-9-17)32-25(30)19-14-22(27)26(15-19)20-12-10-18(11-13-20)24(29)31-16(2)3/h5-13,16,19,21H,4,14-15H2,1-3H3/t19-,21+/m0/s1. The van der Waals surface area contributed by atoms with Crippen LogP contribution in [0, 0.1) is 5.92 Å². The van der Waals surface area contributed by atoms with Crippen LogP contribution in [0.2, 0.25) is 0 Å². The van der Waals surface area contributed by atoms with Gasteiger partial charge in [-0.2, -0.15) is 0 Å². The molecule has 2 atom stereocenters. The molecule has 0 aromatic heterocycles. The predicted octanol–water partition coefficient (Wildman–Crippen LogP) is 3.81. The first kappa shape index (κ1) is 23.2. The van der Waals surface area contributed by atoms with Gasteiger partial charge < -0.3 is 14.4 Å². The Labute approximate surface area is 187 Å². The molecule has 1 heterocycles. The monoisotopic (exact) mass is 437 g/mol. The Morgan fingerprint density at radius 2 is 1.62 bits per heavy atom. The molecule has 2 aromatic rings. The molecule has 7 heteroatoms. The van der Waals surface area contributed by atoms with Crippen molar-refractivity contribution in [1.29, 1.82) is 0 Å². The quantitative estimate of drug-likeness (QED) is 0.461. The Bertz CT molecular complexity index is 983. The zero-order chi connectivity index (χ0) is 23.3. The number of hydrogen-bond donors (Lipinski definition) is 0. The molecule has 1 aliphatic heterocycles.